The number of aliphatic hydroxyl groups is 3. The lowest BCUT2D eigenvalue weighted by Crippen LogP contribution is -2.38. The van der Waals surface area contributed by atoms with E-state index in [1.54, 1.807) is 4.57 Å². The lowest BCUT2D eigenvalue weighted by molar-refractivity contribution is -0.0432. The van der Waals surface area contributed by atoms with E-state index in [1.165, 1.54) is 10.9 Å². The highest BCUT2D eigenvalue weighted by Gasteiger charge is 2.36. The van der Waals surface area contributed by atoms with Crippen molar-refractivity contribution in [1.29, 1.82) is 0 Å². The number of ether oxygens (including phenoxy) is 1. The number of fused-ring (bicyclic) bond motifs is 2. The highest BCUT2D eigenvalue weighted by atomic mass is 16.5. The van der Waals surface area contributed by atoms with Crippen molar-refractivity contribution < 1.29 is 20.1 Å². The van der Waals surface area contributed by atoms with Crippen molar-refractivity contribution >= 4 is 17.1 Å². The Morgan fingerprint density at radius 3 is 2.92 bits per heavy atom. The number of aliphatic hydroxyl groups excluding tert-OH is 3. The SMILES string of the molecule is CC1CC(O)Nc2nc3c(ncn3[C@H]3C[C@H](O)[C@@H](CO)O3)c(=O)n21. The first-order chi connectivity index (χ1) is 11.5. The summed E-state index contributed by atoms with van der Waals surface area (Å²) < 4.78 is 8.66. The first kappa shape index (κ1) is 15.5. The van der Waals surface area contributed by atoms with Gasteiger partial charge in [-0.1, -0.05) is 0 Å². The molecule has 2 aromatic heterocycles. The predicted octanol–water partition coefficient (Wildman–Crippen LogP) is -1.07. The molecule has 10 heteroatoms. The highest BCUT2D eigenvalue weighted by molar-refractivity contribution is 5.71. The molecule has 4 N–H and O–H groups in total. The number of nitrogens with one attached hydrogen (secondary N) is 1. The molecule has 2 aliphatic rings. The lowest BCUT2D eigenvalue weighted by Gasteiger charge is -2.28. The van der Waals surface area contributed by atoms with E-state index in [9.17, 15) is 20.1 Å². The maximum Gasteiger partial charge on any atom is 0.283 e. The second-order valence-electron chi connectivity index (χ2n) is 6.29. The fourth-order valence-electron chi connectivity index (χ4n) is 3.39. The molecule has 0 bridgehead atoms. The quantitative estimate of drug-likeness (QED) is 0.544. The predicted molar refractivity (Wildman–Crippen MR) is 82.4 cm³/mol. The summed E-state index contributed by atoms with van der Waals surface area (Å²) in [6, 6.07) is -0.200. The fourth-order valence-corrected chi connectivity index (χ4v) is 3.39. The maximum absolute atomic E-state index is 12.7. The van der Waals surface area contributed by atoms with Gasteiger partial charge in [0.25, 0.3) is 5.56 Å². The zero-order valence-corrected chi connectivity index (χ0v) is 13.0. The van der Waals surface area contributed by atoms with Crippen LogP contribution in [0.5, 0.6) is 0 Å². The Morgan fingerprint density at radius 2 is 2.21 bits per heavy atom. The van der Waals surface area contributed by atoms with Gasteiger partial charge < -0.3 is 25.4 Å². The van der Waals surface area contributed by atoms with E-state index in [-0.39, 0.29) is 36.1 Å². The molecule has 0 aromatic carbocycles. The Kier molecular flexibility index (Phi) is 3.57. The average molecular weight is 337 g/mol. The molecule has 1 saturated heterocycles. The van der Waals surface area contributed by atoms with Crippen LogP contribution in [0.3, 0.4) is 0 Å². The Morgan fingerprint density at radius 1 is 1.42 bits per heavy atom. The Hall–Kier alpha value is -2.01. The number of anilines is 1. The van der Waals surface area contributed by atoms with Crippen LogP contribution in [-0.2, 0) is 4.74 Å². The number of hydrogen-bond donors (Lipinski definition) is 4. The molecular formula is C14H19N5O5. The molecule has 0 radical (unpaired) electrons. The van der Waals surface area contributed by atoms with Gasteiger partial charge in [-0.2, -0.15) is 4.98 Å². The van der Waals surface area contributed by atoms with Crippen molar-refractivity contribution in [2.75, 3.05) is 11.9 Å². The van der Waals surface area contributed by atoms with E-state index >= 15 is 0 Å². The molecule has 5 atom stereocenters. The van der Waals surface area contributed by atoms with Crippen LogP contribution < -0.4 is 10.9 Å². The average Bonchev–Trinajstić information content (AvgIpc) is 3.09. The number of aromatic nitrogens is 4. The van der Waals surface area contributed by atoms with Gasteiger partial charge in [0.1, 0.15) is 18.6 Å². The minimum atomic E-state index is -0.795. The van der Waals surface area contributed by atoms with Crippen LogP contribution in [0, 0.1) is 0 Å². The van der Waals surface area contributed by atoms with Crippen molar-refractivity contribution in [3.63, 3.8) is 0 Å². The molecule has 0 spiro atoms. The summed E-state index contributed by atoms with van der Waals surface area (Å²) in [4.78, 5) is 21.3. The maximum atomic E-state index is 12.7. The lowest BCUT2D eigenvalue weighted by atomic mass is 10.2. The monoisotopic (exact) mass is 337 g/mol. The van der Waals surface area contributed by atoms with Gasteiger partial charge in [0.15, 0.2) is 11.2 Å². The van der Waals surface area contributed by atoms with Gasteiger partial charge >= 0.3 is 0 Å². The minimum Gasteiger partial charge on any atom is -0.394 e. The van der Waals surface area contributed by atoms with Crippen molar-refractivity contribution in [3.8, 4) is 0 Å². The summed E-state index contributed by atoms with van der Waals surface area (Å²) in [7, 11) is 0. The molecule has 130 valence electrons. The second kappa shape index (κ2) is 5.52. The number of rotatable bonds is 2. The van der Waals surface area contributed by atoms with E-state index in [4.69, 9.17) is 4.74 Å². The van der Waals surface area contributed by atoms with Gasteiger partial charge in [0, 0.05) is 18.9 Å². The largest absolute Gasteiger partial charge is 0.394 e. The molecule has 10 nitrogen and oxygen atoms in total. The molecule has 2 aliphatic heterocycles. The van der Waals surface area contributed by atoms with Gasteiger partial charge in [-0.25, -0.2) is 4.98 Å². The molecule has 4 rings (SSSR count). The van der Waals surface area contributed by atoms with E-state index in [1.807, 2.05) is 6.92 Å². The molecule has 4 heterocycles. The van der Waals surface area contributed by atoms with Crippen LogP contribution in [0.25, 0.3) is 11.2 Å². The molecule has 0 aliphatic carbocycles. The fraction of sp³-hybridized carbons (Fsp3) is 0.643. The zero-order valence-electron chi connectivity index (χ0n) is 13.0. The van der Waals surface area contributed by atoms with Crippen LogP contribution in [0.4, 0.5) is 5.95 Å². The molecule has 0 saturated carbocycles. The minimum absolute atomic E-state index is 0.200. The third-order valence-corrected chi connectivity index (χ3v) is 4.62. The summed E-state index contributed by atoms with van der Waals surface area (Å²) in [5, 5.41) is 31.7. The van der Waals surface area contributed by atoms with E-state index in [0.717, 1.165) is 0 Å². The van der Waals surface area contributed by atoms with Gasteiger partial charge in [-0.15, -0.1) is 0 Å². The first-order valence-corrected chi connectivity index (χ1v) is 7.87. The van der Waals surface area contributed by atoms with Gasteiger partial charge in [-0.05, 0) is 6.92 Å². The Bertz CT molecular complexity index is 833. The van der Waals surface area contributed by atoms with Crippen molar-refractivity contribution in [2.45, 2.75) is 50.5 Å². The molecule has 0 amide bonds. The molecule has 2 aromatic rings. The van der Waals surface area contributed by atoms with Crippen molar-refractivity contribution in [3.05, 3.63) is 16.7 Å². The summed E-state index contributed by atoms with van der Waals surface area (Å²) in [6.45, 7) is 1.54. The van der Waals surface area contributed by atoms with E-state index < -0.39 is 24.7 Å². The molecule has 1 fully saturated rings. The number of imidazole rings is 1. The van der Waals surface area contributed by atoms with E-state index in [0.29, 0.717) is 12.1 Å². The third-order valence-electron chi connectivity index (χ3n) is 4.62. The van der Waals surface area contributed by atoms with Crippen LogP contribution >= 0.6 is 0 Å². The normalized spacial score (nSPS) is 32.8. The standard InChI is InChI=1S/C14H19N5O5/c1-6-2-9(22)16-14-17-12-11(13(23)19(6)14)15-5-18(12)10-3-7(21)8(4-20)24-10/h5-10,20-22H,2-4H2,1H3,(H,16,17)/t6?,7-,8+,9?,10+/m0/s1. The van der Waals surface area contributed by atoms with E-state index in [2.05, 4.69) is 15.3 Å². The van der Waals surface area contributed by atoms with Crippen LogP contribution in [0.1, 0.15) is 32.0 Å². The summed E-state index contributed by atoms with van der Waals surface area (Å²) in [6.07, 6.45) is -0.696. The second-order valence-corrected chi connectivity index (χ2v) is 6.29. The zero-order chi connectivity index (χ0) is 17.0. The van der Waals surface area contributed by atoms with Crippen molar-refractivity contribution in [1.82, 2.24) is 19.1 Å². The van der Waals surface area contributed by atoms with Gasteiger partial charge in [0.2, 0.25) is 5.95 Å². The summed E-state index contributed by atoms with van der Waals surface area (Å²) >= 11 is 0. The summed E-state index contributed by atoms with van der Waals surface area (Å²) in [5.41, 5.74) is 0.225. The van der Waals surface area contributed by atoms with Gasteiger partial charge in [-0.3, -0.25) is 13.9 Å². The van der Waals surface area contributed by atoms with Crippen LogP contribution in [-0.4, -0.2) is 59.5 Å². The Labute approximate surface area is 136 Å². The number of hydrogen-bond acceptors (Lipinski definition) is 8. The Balaban J connectivity index is 1.82. The molecular weight excluding hydrogens is 318 g/mol. The van der Waals surface area contributed by atoms with Gasteiger partial charge in [0.05, 0.1) is 19.0 Å². The molecule has 24 heavy (non-hydrogen) atoms. The number of nitrogens with zero attached hydrogens (tertiary/aromatic N) is 4. The van der Waals surface area contributed by atoms with Crippen LogP contribution in [0.2, 0.25) is 0 Å². The van der Waals surface area contributed by atoms with Crippen LogP contribution in [0.15, 0.2) is 11.1 Å². The third kappa shape index (κ3) is 2.22. The topological polar surface area (TPSA) is 135 Å². The highest BCUT2D eigenvalue weighted by Crippen LogP contribution is 2.31. The summed E-state index contributed by atoms with van der Waals surface area (Å²) in [5.74, 6) is 0.276. The first-order valence-electron chi connectivity index (χ1n) is 7.87. The van der Waals surface area contributed by atoms with Crippen molar-refractivity contribution in [2.24, 2.45) is 0 Å². The smallest absolute Gasteiger partial charge is 0.283 e. The molecule has 2 unspecified atom stereocenters.